The zero-order valence-electron chi connectivity index (χ0n) is 17.7. The molecule has 1 aromatic heterocycles. The molecular weight excluding hydrogens is 458 g/mol. The largest absolute Gasteiger partial charge is 0.355 e. The number of aromatic nitrogens is 3. The van der Waals surface area contributed by atoms with E-state index >= 15 is 0 Å². The summed E-state index contributed by atoms with van der Waals surface area (Å²) in [4.78, 5) is 24.6. The van der Waals surface area contributed by atoms with Gasteiger partial charge in [-0.1, -0.05) is 71.9 Å². The lowest BCUT2D eigenvalue weighted by atomic mass is 10.2. The maximum absolute atomic E-state index is 12.6. The monoisotopic (exact) mass is 477 g/mol. The van der Waals surface area contributed by atoms with Crippen molar-refractivity contribution in [1.82, 2.24) is 20.1 Å². The molecule has 4 rings (SSSR count). The number of halogens is 1. The fourth-order valence-corrected chi connectivity index (χ4v) is 4.14. The van der Waals surface area contributed by atoms with Crippen LogP contribution in [0.3, 0.4) is 0 Å². The van der Waals surface area contributed by atoms with Crippen LogP contribution in [0.2, 0.25) is 5.02 Å². The van der Waals surface area contributed by atoms with Crippen LogP contribution in [0.1, 0.15) is 10.4 Å². The molecule has 9 heteroatoms. The molecule has 3 aromatic carbocycles. The van der Waals surface area contributed by atoms with Gasteiger partial charge in [-0.15, -0.1) is 10.2 Å². The Bertz CT molecular complexity index is 1280. The van der Waals surface area contributed by atoms with Crippen molar-refractivity contribution >= 4 is 40.9 Å². The summed E-state index contributed by atoms with van der Waals surface area (Å²) in [5.41, 5.74) is 2.60. The third kappa shape index (κ3) is 5.24. The van der Waals surface area contributed by atoms with Crippen LogP contribution >= 0.6 is 23.4 Å². The molecule has 0 spiro atoms. The standard InChI is InChI=1S/C24H20ClN5O2S/c1-26-23(32)19-14-17(12-13-20(19)25)27-21(31)15-33-24-29-28-22(16-8-4-2-5-9-16)30(24)18-10-6-3-7-11-18/h2-14H,15H2,1H3,(H,26,32)(H,27,31). The number of amides is 2. The maximum atomic E-state index is 12.6. The molecule has 0 aliphatic heterocycles. The van der Waals surface area contributed by atoms with Gasteiger partial charge in [-0.25, -0.2) is 0 Å². The predicted octanol–water partition coefficient (Wildman–Crippen LogP) is 4.68. The molecular formula is C24H20ClN5O2S. The van der Waals surface area contributed by atoms with E-state index in [1.54, 1.807) is 18.2 Å². The molecule has 2 amide bonds. The molecule has 0 aliphatic rings. The van der Waals surface area contributed by atoms with Gasteiger partial charge in [0.05, 0.1) is 16.3 Å². The first kappa shape index (κ1) is 22.6. The van der Waals surface area contributed by atoms with Gasteiger partial charge in [0, 0.05) is 24.0 Å². The summed E-state index contributed by atoms with van der Waals surface area (Å²) in [6.45, 7) is 0. The number of hydrogen-bond donors (Lipinski definition) is 2. The van der Waals surface area contributed by atoms with Gasteiger partial charge in [-0.2, -0.15) is 0 Å². The molecule has 0 unspecified atom stereocenters. The molecule has 0 fully saturated rings. The van der Waals surface area contributed by atoms with Crippen molar-refractivity contribution < 1.29 is 9.59 Å². The summed E-state index contributed by atoms with van der Waals surface area (Å²) in [6, 6.07) is 24.3. The summed E-state index contributed by atoms with van der Waals surface area (Å²) in [5, 5.41) is 14.9. The Hall–Kier alpha value is -3.62. The van der Waals surface area contributed by atoms with Crippen LogP contribution in [-0.2, 0) is 4.79 Å². The van der Waals surface area contributed by atoms with Crippen molar-refractivity contribution in [3.05, 3.63) is 89.4 Å². The topological polar surface area (TPSA) is 88.9 Å². The minimum Gasteiger partial charge on any atom is -0.355 e. The molecule has 4 aromatic rings. The van der Waals surface area contributed by atoms with E-state index in [1.165, 1.54) is 18.8 Å². The van der Waals surface area contributed by atoms with Crippen LogP contribution in [0.5, 0.6) is 0 Å². The Kier molecular flexibility index (Phi) is 7.07. The van der Waals surface area contributed by atoms with E-state index in [2.05, 4.69) is 20.8 Å². The van der Waals surface area contributed by atoms with Crippen molar-refractivity contribution in [3.63, 3.8) is 0 Å². The van der Waals surface area contributed by atoms with E-state index < -0.39 is 0 Å². The van der Waals surface area contributed by atoms with Gasteiger partial charge in [0.15, 0.2) is 11.0 Å². The molecule has 0 saturated heterocycles. The summed E-state index contributed by atoms with van der Waals surface area (Å²) in [7, 11) is 1.52. The quantitative estimate of drug-likeness (QED) is 0.377. The molecule has 0 saturated carbocycles. The summed E-state index contributed by atoms with van der Waals surface area (Å²) >= 11 is 7.36. The van der Waals surface area contributed by atoms with E-state index in [0.29, 0.717) is 27.3 Å². The number of nitrogens with one attached hydrogen (secondary N) is 2. The van der Waals surface area contributed by atoms with Crippen molar-refractivity contribution in [3.8, 4) is 17.1 Å². The second kappa shape index (κ2) is 10.3. The number of para-hydroxylation sites is 1. The lowest BCUT2D eigenvalue weighted by molar-refractivity contribution is -0.113. The third-order valence-corrected chi connectivity index (χ3v) is 5.99. The van der Waals surface area contributed by atoms with E-state index in [-0.39, 0.29) is 17.6 Å². The van der Waals surface area contributed by atoms with E-state index in [1.807, 2.05) is 65.2 Å². The normalized spacial score (nSPS) is 10.6. The Morgan fingerprint density at radius 3 is 2.36 bits per heavy atom. The van der Waals surface area contributed by atoms with E-state index in [9.17, 15) is 9.59 Å². The first-order valence-electron chi connectivity index (χ1n) is 10.1. The number of rotatable bonds is 7. The number of carbonyl (C=O) groups is 2. The Morgan fingerprint density at radius 1 is 0.970 bits per heavy atom. The second-order valence-corrected chi connectivity index (χ2v) is 8.30. The van der Waals surface area contributed by atoms with Crippen molar-refractivity contribution in [2.75, 3.05) is 18.1 Å². The molecule has 0 radical (unpaired) electrons. The molecule has 2 N–H and O–H groups in total. The zero-order chi connectivity index (χ0) is 23.2. The number of benzene rings is 3. The highest BCUT2D eigenvalue weighted by atomic mass is 35.5. The third-order valence-electron chi connectivity index (χ3n) is 4.73. The van der Waals surface area contributed by atoms with Gasteiger partial charge >= 0.3 is 0 Å². The molecule has 33 heavy (non-hydrogen) atoms. The molecule has 166 valence electrons. The fourth-order valence-electron chi connectivity index (χ4n) is 3.19. The number of nitrogens with zero attached hydrogens (tertiary/aromatic N) is 3. The minimum atomic E-state index is -0.324. The minimum absolute atomic E-state index is 0.109. The zero-order valence-corrected chi connectivity index (χ0v) is 19.2. The van der Waals surface area contributed by atoms with Crippen molar-refractivity contribution in [2.24, 2.45) is 0 Å². The van der Waals surface area contributed by atoms with Crippen LogP contribution in [0.25, 0.3) is 17.1 Å². The van der Waals surface area contributed by atoms with Gasteiger partial charge in [0.25, 0.3) is 5.91 Å². The van der Waals surface area contributed by atoms with Gasteiger partial charge in [0.2, 0.25) is 5.91 Å². The summed E-state index contributed by atoms with van der Waals surface area (Å²) in [5.74, 6) is 0.235. The highest BCUT2D eigenvalue weighted by Crippen LogP contribution is 2.28. The molecule has 1 heterocycles. The van der Waals surface area contributed by atoms with Crippen LogP contribution in [0.4, 0.5) is 5.69 Å². The van der Waals surface area contributed by atoms with Crippen LogP contribution in [0.15, 0.2) is 84.0 Å². The second-order valence-electron chi connectivity index (χ2n) is 6.95. The molecule has 0 atom stereocenters. The lowest BCUT2D eigenvalue weighted by Gasteiger charge is -2.11. The first-order valence-corrected chi connectivity index (χ1v) is 11.4. The first-order chi connectivity index (χ1) is 16.1. The maximum Gasteiger partial charge on any atom is 0.252 e. The lowest BCUT2D eigenvalue weighted by Crippen LogP contribution is -2.19. The summed E-state index contributed by atoms with van der Waals surface area (Å²) < 4.78 is 1.93. The average molecular weight is 478 g/mol. The van der Waals surface area contributed by atoms with Crippen LogP contribution in [0, 0.1) is 0 Å². The number of thioether (sulfide) groups is 1. The SMILES string of the molecule is CNC(=O)c1cc(NC(=O)CSc2nnc(-c3ccccc3)n2-c2ccccc2)ccc1Cl. The van der Waals surface area contributed by atoms with Crippen molar-refractivity contribution in [2.45, 2.75) is 5.16 Å². The van der Waals surface area contributed by atoms with E-state index in [0.717, 1.165) is 11.3 Å². The molecule has 7 nitrogen and oxygen atoms in total. The average Bonchev–Trinajstić information content (AvgIpc) is 3.28. The fraction of sp³-hybridized carbons (Fsp3) is 0.0833. The molecule has 0 bridgehead atoms. The number of anilines is 1. The van der Waals surface area contributed by atoms with Gasteiger partial charge in [-0.05, 0) is 30.3 Å². The number of hydrogen-bond acceptors (Lipinski definition) is 5. The smallest absolute Gasteiger partial charge is 0.252 e. The highest BCUT2D eigenvalue weighted by Gasteiger charge is 2.17. The number of carbonyl (C=O) groups excluding carboxylic acids is 2. The highest BCUT2D eigenvalue weighted by molar-refractivity contribution is 7.99. The Labute approximate surface area is 200 Å². The van der Waals surface area contributed by atoms with Gasteiger partial charge in [0.1, 0.15) is 0 Å². The molecule has 0 aliphatic carbocycles. The van der Waals surface area contributed by atoms with E-state index in [4.69, 9.17) is 11.6 Å². The van der Waals surface area contributed by atoms with Gasteiger partial charge < -0.3 is 10.6 Å². The summed E-state index contributed by atoms with van der Waals surface area (Å²) in [6.07, 6.45) is 0. The van der Waals surface area contributed by atoms with Crippen LogP contribution in [-0.4, -0.2) is 39.4 Å². The van der Waals surface area contributed by atoms with Crippen molar-refractivity contribution in [1.29, 1.82) is 0 Å². The van der Waals surface area contributed by atoms with Gasteiger partial charge in [-0.3, -0.25) is 14.2 Å². The predicted molar refractivity (Wildman–Crippen MR) is 131 cm³/mol. The Balaban J connectivity index is 1.54. The van der Waals surface area contributed by atoms with Crippen LogP contribution < -0.4 is 10.6 Å². The Morgan fingerprint density at radius 2 is 1.67 bits per heavy atom.